The van der Waals surface area contributed by atoms with Gasteiger partial charge in [-0.3, -0.25) is 4.79 Å². The molecule has 0 saturated carbocycles. The zero-order valence-corrected chi connectivity index (χ0v) is 7.21. The van der Waals surface area contributed by atoms with Crippen LogP contribution in [0.25, 0.3) is 0 Å². The topological polar surface area (TPSA) is 45.8 Å². The molecule has 0 spiro atoms. The standard InChI is InChI=1S/C7H5BrN2O/c8-6-1-3-10(4-2-9)7(11)5-6/h1,3,5H,4H2. The van der Waals surface area contributed by atoms with Gasteiger partial charge in [-0.25, -0.2) is 0 Å². The Hall–Kier alpha value is -1.08. The monoisotopic (exact) mass is 212 g/mol. The van der Waals surface area contributed by atoms with Gasteiger partial charge in [0.2, 0.25) is 0 Å². The first kappa shape index (κ1) is 8.02. The molecule has 0 aliphatic heterocycles. The van der Waals surface area contributed by atoms with Crippen molar-refractivity contribution >= 4 is 15.9 Å². The average Bonchev–Trinajstić information content (AvgIpc) is 1.95. The number of hydrogen-bond donors (Lipinski definition) is 0. The number of rotatable bonds is 1. The SMILES string of the molecule is N#CCn1ccc(Br)cc1=O. The second-order valence-electron chi connectivity index (χ2n) is 1.97. The van der Waals surface area contributed by atoms with Gasteiger partial charge in [-0.1, -0.05) is 15.9 Å². The van der Waals surface area contributed by atoms with Crippen molar-refractivity contribution in [1.82, 2.24) is 4.57 Å². The van der Waals surface area contributed by atoms with Gasteiger partial charge in [0.05, 0.1) is 6.07 Å². The molecule has 0 radical (unpaired) electrons. The van der Waals surface area contributed by atoms with E-state index in [1.165, 1.54) is 10.6 Å². The minimum Gasteiger partial charge on any atom is -0.302 e. The molecule has 0 N–H and O–H groups in total. The molecule has 11 heavy (non-hydrogen) atoms. The molecular weight excluding hydrogens is 208 g/mol. The lowest BCUT2D eigenvalue weighted by molar-refractivity contribution is 0.786. The Labute approximate surface area is 72.0 Å². The van der Waals surface area contributed by atoms with Crippen LogP contribution in [0.15, 0.2) is 27.6 Å². The second-order valence-corrected chi connectivity index (χ2v) is 2.88. The van der Waals surface area contributed by atoms with Crippen LogP contribution in [0.4, 0.5) is 0 Å². The van der Waals surface area contributed by atoms with Crippen molar-refractivity contribution in [1.29, 1.82) is 5.26 Å². The Morgan fingerprint density at radius 2 is 2.45 bits per heavy atom. The van der Waals surface area contributed by atoms with Gasteiger partial charge in [-0.05, 0) is 6.07 Å². The summed E-state index contributed by atoms with van der Waals surface area (Å²) in [6.45, 7) is 0.103. The number of nitriles is 1. The summed E-state index contributed by atoms with van der Waals surface area (Å²) in [5.41, 5.74) is -0.166. The molecule has 4 heteroatoms. The summed E-state index contributed by atoms with van der Waals surface area (Å²) in [6, 6.07) is 5.04. The Balaban J connectivity index is 3.12. The van der Waals surface area contributed by atoms with Crippen molar-refractivity contribution in [3.63, 3.8) is 0 Å². The van der Waals surface area contributed by atoms with Crippen molar-refractivity contribution in [3.8, 4) is 6.07 Å². The summed E-state index contributed by atoms with van der Waals surface area (Å²) >= 11 is 3.15. The maximum Gasteiger partial charge on any atom is 0.252 e. The van der Waals surface area contributed by atoms with Gasteiger partial charge in [0.15, 0.2) is 0 Å². The summed E-state index contributed by atoms with van der Waals surface area (Å²) in [5, 5.41) is 8.29. The van der Waals surface area contributed by atoms with Gasteiger partial charge in [0.1, 0.15) is 6.54 Å². The van der Waals surface area contributed by atoms with Crippen molar-refractivity contribution < 1.29 is 0 Å². The molecule has 0 amide bonds. The van der Waals surface area contributed by atoms with E-state index >= 15 is 0 Å². The fourth-order valence-corrected chi connectivity index (χ4v) is 1.00. The lowest BCUT2D eigenvalue weighted by Gasteiger charge is -1.96. The van der Waals surface area contributed by atoms with E-state index in [1.54, 1.807) is 12.3 Å². The first-order valence-electron chi connectivity index (χ1n) is 2.97. The number of halogens is 1. The molecule has 0 saturated heterocycles. The van der Waals surface area contributed by atoms with Gasteiger partial charge in [-0.2, -0.15) is 5.26 Å². The highest BCUT2D eigenvalue weighted by Gasteiger charge is 1.93. The van der Waals surface area contributed by atoms with Crippen molar-refractivity contribution in [2.75, 3.05) is 0 Å². The highest BCUT2D eigenvalue weighted by Crippen LogP contribution is 2.02. The van der Waals surface area contributed by atoms with E-state index in [9.17, 15) is 4.79 Å². The predicted octanol–water partition coefficient (Wildman–Crippen LogP) is 1.13. The summed E-state index contributed by atoms with van der Waals surface area (Å²) in [5.74, 6) is 0. The first-order valence-corrected chi connectivity index (χ1v) is 3.76. The van der Waals surface area contributed by atoms with E-state index < -0.39 is 0 Å². The largest absolute Gasteiger partial charge is 0.302 e. The maximum absolute atomic E-state index is 11.0. The lowest BCUT2D eigenvalue weighted by Crippen LogP contribution is -2.17. The quantitative estimate of drug-likeness (QED) is 0.701. The van der Waals surface area contributed by atoms with Gasteiger partial charge >= 0.3 is 0 Å². The molecule has 0 fully saturated rings. The van der Waals surface area contributed by atoms with Crippen LogP contribution < -0.4 is 5.56 Å². The average molecular weight is 213 g/mol. The molecule has 1 aromatic heterocycles. The van der Waals surface area contributed by atoms with Gasteiger partial charge in [-0.15, -0.1) is 0 Å². The van der Waals surface area contributed by atoms with Crippen molar-refractivity contribution in [2.45, 2.75) is 6.54 Å². The van der Waals surface area contributed by atoms with Crippen LogP contribution in [0.5, 0.6) is 0 Å². The Morgan fingerprint density at radius 3 is 3.00 bits per heavy atom. The fraction of sp³-hybridized carbons (Fsp3) is 0.143. The van der Waals surface area contributed by atoms with Crippen molar-refractivity contribution in [2.24, 2.45) is 0 Å². The van der Waals surface area contributed by atoms with Crippen LogP contribution in [0.1, 0.15) is 0 Å². The summed E-state index contributed by atoms with van der Waals surface area (Å²) in [4.78, 5) is 11.0. The van der Waals surface area contributed by atoms with Crippen molar-refractivity contribution in [3.05, 3.63) is 33.2 Å². The molecule has 0 bridgehead atoms. The number of pyridine rings is 1. The van der Waals surface area contributed by atoms with Gasteiger partial charge < -0.3 is 4.57 Å². The summed E-state index contributed by atoms with van der Waals surface area (Å²) in [6.07, 6.45) is 1.58. The van der Waals surface area contributed by atoms with Crippen LogP contribution in [-0.4, -0.2) is 4.57 Å². The number of nitrogens with zero attached hydrogens (tertiary/aromatic N) is 2. The van der Waals surface area contributed by atoms with Gasteiger partial charge in [0, 0.05) is 16.7 Å². The molecule has 0 atom stereocenters. The van der Waals surface area contributed by atoms with Crippen LogP contribution in [0.2, 0.25) is 0 Å². The third-order valence-corrected chi connectivity index (χ3v) is 1.69. The molecule has 0 aromatic carbocycles. The summed E-state index contributed by atoms with van der Waals surface area (Å²) in [7, 11) is 0. The van der Waals surface area contributed by atoms with Crippen LogP contribution in [0.3, 0.4) is 0 Å². The van der Waals surface area contributed by atoms with Crippen LogP contribution in [0, 0.1) is 11.3 Å². The fourth-order valence-electron chi connectivity index (χ4n) is 0.690. The maximum atomic E-state index is 11.0. The van der Waals surface area contributed by atoms with Crippen LogP contribution >= 0.6 is 15.9 Å². The molecular formula is C7H5BrN2O. The highest BCUT2D eigenvalue weighted by atomic mass is 79.9. The Morgan fingerprint density at radius 1 is 1.73 bits per heavy atom. The van der Waals surface area contributed by atoms with Gasteiger partial charge in [0.25, 0.3) is 5.56 Å². The minimum atomic E-state index is -0.166. The Bertz CT molecular complexity index is 350. The van der Waals surface area contributed by atoms with E-state index in [2.05, 4.69) is 15.9 Å². The molecule has 1 rings (SSSR count). The zero-order chi connectivity index (χ0) is 8.27. The molecule has 0 aliphatic rings. The van der Waals surface area contributed by atoms with E-state index in [4.69, 9.17) is 5.26 Å². The molecule has 1 aromatic rings. The van der Waals surface area contributed by atoms with E-state index in [0.717, 1.165) is 4.47 Å². The second kappa shape index (κ2) is 3.35. The zero-order valence-electron chi connectivity index (χ0n) is 5.62. The van der Waals surface area contributed by atoms with E-state index in [-0.39, 0.29) is 12.1 Å². The smallest absolute Gasteiger partial charge is 0.252 e. The Kier molecular flexibility index (Phi) is 2.44. The molecule has 56 valence electrons. The lowest BCUT2D eigenvalue weighted by atomic mass is 10.5. The van der Waals surface area contributed by atoms with E-state index in [1.807, 2.05) is 6.07 Å². The number of aromatic nitrogens is 1. The number of hydrogen-bond acceptors (Lipinski definition) is 2. The highest BCUT2D eigenvalue weighted by molar-refractivity contribution is 9.10. The minimum absolute atomic E-state index is 0.103. The summed E-state index contributed by atoms with van der Waals surface area (Å²) < 4.78 is 2.07. The third kappa shape index (κ3) is 1.92. The molecule has 3 nitrogen and oxygen atoms in total. The molecule has 0 aliphatic carbocycles. The normalized spacial score (nSPS) is 9.09. The van der Waals surface area contributed by atoms with E-state index in [0.29, 0.717) is 0 Å². The first-order chi connectivity index (χ1) is 5.24. The molecule has 0 unspecified atom stereocenters. The third-order valence-electron chi connectivity index (χ3n) is 1.20. The predicted molar refractivity (Wildman–Crippen MR) is 44.0 cm³/mol. The van der Waals surface area contributed by atoms with Crippen LogP contribution in [-0.2, 0) is 6.54 Å². The molecule has 1 heterocycles.